The third-order valence-corrected chi connectivity index (χ3v) is 5.89. The van der Waals surface area contributed by atoms with Crippen molar-refractivity contribution < 1.29 is 14.3 Å². The van der Waals surface area contributed by atoms with Crippen molar-refractivity contribution in [1.29, 1.82) is 0 Å². The van der Waals surface area contributed by atoms with Crippen molar-refractivity contribution in [1.82, 2.24) is 19.4 Å². The van der Waals surface area contributed by atoms with Crippen molar-refractivity contribution in [3.63, 3.8) is 0 Å². The van der Waals surface area contributed by atoms with Crippen molar-refractivity contribution in [3.8, 4) is 5.75 Å². The summed E-state index contributed by atoms with van der Waals surface area (Å²) in [5.41, 5.74) is 3.53. The minimum absolute atomic E-state index is 0.0530. The zero-order chi connectivity index (χ0) is 22.7. The van der Waals surface area contributed by atoms with Crippen LogP contribution < -0.4 is 10.1 Å². The number of imidazole rings is 1. The number of rotatable bonds is 6. The molecule has 1 saturated heterocycles. The number of nitrogens with zero attached hydrogens (tertiary/aromatic N) is 4. The number of carbonyl (C=O) groups is 2. The molecule has 0 saturated carbocycles. The Morgan fingerprint density at radius 1 is 1.09 bits per heavy atom. The van der Waals surface area contributed by atoms with Gasteiger partial charge < -0.3 is 19.5 Å². The van der Waals surface area contributed by atoms with Crippen molar-refractivity contribution in [2.45, 2.75) is 20.4 Å². The number of anilines is 1. The predicted octanol–water partition coefficient (Wildman–Crippen LogP) is 2.56. The number of hydrogen-bond acceptors (Lipinski definition) is 5. The second-order valence-electron chi connectivity index (χ2n) is 8.18. The predicted molar refractivity (Wildman–Crippen MR) is 124 cm³/mol. The van der Waals surface area contributed by atoms with E-state index in [-0.39, 0.29) is 18.4 Å². The van der Waals surface area contributed by atoms with Gasteiger partial charge in [-0.3, -0.25) is 14.5 Å². The summed E-state index contributed by atoms with van der Waals surface area (Å²) in [5, 5.41) is 2.89. The Morgan fingerprint density at radius 2 is 1.84 bits per heavy atom. The third kappa shape index (κ3) is 4.91. The fraction of sp³-hybridized carbons (Fsp3) is 0.375. The monoisotopic (exact) mass is 435 g/mol. The van der Waals surface area contributed by atoms with Gasteiger partial charge in [-0.15, -0.1) is 0 Å². The zero-order valence-corrected chi connectivity index (χ0v) is 18.8. The number of piperazine rings is 1. The Hall–Kier alpha value is -3.39. The molecule has 1 aliphatic rings. The molecular formula is C24H29N5O3. The van der Waals surface area contributed by atoms with Gasteiger partial charge >= 0.3 is 0 Å². The van der Waals surface area contributed by atoms with Crippen LogP contribution in [0.5, 0.6) is 5.75 Å². The number of carbonyl (C=O) groups excluding carboxylic acids is 2. The SMILES string of the molecule is CC(=O)N1CCN(Cc2nc3cc(NC(=O)COc4ccccc4C)ccc3n2C)CC1. The topological polar surface area (TPSA) is 79.7 Å². The van der Waals surface area contributed by atoms with E-state index in [4.69, 9.17) is 9.72 Å². The van der Waals surface area contributed by atoms with Crippen LogP contribution in [0.15, 0.2) is 42.5 Å². The second kappa shape index (κ2) is 9.40. The van der Waals surface area contributed by atoms with Gasteiger partial charge in [-0.1, -0.05) is 18.2 Å². The highest BCUT2D eigenvalue weighted by molar-refractivity contribution is 5.94. The minimum Gasteiger partial charge on any atom is -0.483 e. The molecule has 1 aliphatic heterocycles. The first-order valence-electron chi connectivity index (χ1n) is 10.8. The molecule has 2 amide bonds. The summed E-state index contributed by atoms with van der Waals surface area (Å²) >= 11 is 0. The van der Waals surface area contributed by atoms with Crippen LogP contribution in [0.3, 0.4) is 0 Å². The lowest BCUT2D eigenvalue weighted by Gasteiger charge is -2.33. The number of para-hydroxylation sites is 1. The highest BCUT2D eigenvalue weighted by Gasteiger charge is 2.20. The summed E-state index contributed by atoms with van der Waals surface area (Å²) in [6.45, 7) is 7.41. The average molecular weight is 436 g/mol. The van der Waals surface area contributed by atoms with Crippen LogP contribution in [-0.4, -0.2) is 64.0 Å². The van der Waals surface area contributed by atoms with Crippen molar-refractivity contribution in [3.05, 3.63) is 53.9 Å². The molecule has 8 heteroatoms. The van der Waals surface area contributed by atoms with E-state index in [0.29, 0.717) is 11.4 Å². The van der Waals surface area contributed by atoms with E-state index in [1.54, 1.807) is 6.92 Å². The summed E-state index contributed by atoms with van der Waals surface area (Å²) in [4.78, 5) is 32.9. The number of ether oxygens (including phenoxy) is 1. The van der Waals surface area contributed by atoms with Gasteiger partial charge in [-0.2, -0.15) is 0 Å². The first-order valence-corrected chi connectivity index (χ1v) is 10.8. The first kappa shape index (κ1) is 21.8. The third-order valence-electron chi connectivity index (χ3n) is 5.89. The molecule has 1 N–H and O–H groups in total. The van der Waals surface area contributed by atoms with Crippen LogP contribution in [0.1, 0.15) is 18.3 Å². The smallest absolute Gasteiger partial charge is 0.262 e. The molecule has 0 radical (unpaired) electrons. The molecule has 1 aromatic heterocycles. The van der Waals surface area contributed by atoms with E-state index < -0.39 is 0 Å². The van der Waals surface area contributed by atoms with Crippen molar-refractivity contribution in [2.24, 2.45) is 7.05 Å². The Bertz CT molecular complexity index is 1130. The van der Waals surface area contributed by atoms with Gasteiger partial charge in [-0.25, -0.2) is 4.98 Å². The van der Waals surface area contributed by atoms with Gasteiger partial charge in [0.1, 0.15) is 11.6 Å². The van der Waals surface area contributed by atoms with E-state index >= 15 is 0 Å². The summed E-state index contributed by atoms with van der Waals surface area (Å²) in [6.07, 6.45) is 0. The van der Waals surface area contributed by atoms with Crippen molar-refractivity contribution >= 4 is 28.5 Å². The summed E-state index contributed by atoms with van der Waals surface area (Å²) < 4.78 is 7.71. The molecule has 2 aromatic carbocycles. The lowest BCUT2D eigenvalue weighted by molar-refractivity contribution is -0.130. The highest BCUT2D eigenvalue weighted by Crippen LogP contribution is 2.21. The minimum atomic E-state index is -0.216. The summed E-state index contributed by atoms with van der Waals surface area (Å²) in [7, 11) is 2.00. The molecule has 4 rings (SSSR count). The number of benzene rings is 2. The van der Waals surface area contributed by atoms with Gasteiger partial charge in [0, 0.05) is 45.8 Å². The number of hydrogen-bond donors (Lipinski definition) is 1. The van der Waals surface area contributed by atoms with Gasteiger partial charge in [0.2, 0.25) is 5.91 Å². The van der Waals surface area contributed by atoms with Crippen molar-refractivity contribution in [2.75, 3.05) is 38.1 Å². The molecule has 3 aromatic rings. The molecule has 1 fully saturated rings. The van der Waals surface area contributed by atoms with E-state index in [1.165, 1.54) is 0 Å². The lowest BCUT2D eigenvalue weighted by Crippen LogP contribution is -2.47. The maximum atomic E-state index is 12.3. The molecule has 0 aliphatic carbocycles. The number of nitrogens with one attached hydrogen (secondary N) is 1. The van der Waals surface area contributed by atoms with Crippen LogP contribution in [0.2, 0.25) is 0 Å². The van der Waals surface area contributed by atoms with Gasteiger partial charge in [-0.05, 0) is 36.8 Å². The van der Waals surface area contributed by atoms with Gasteiger partial charge in [0.15, 0.2) is 6.61 Å². The van der Waals surface area contributed by atoms with E-state index in [1.807, 2.05) is 61.3 Å². The largest absolute Gasteiger partial charge is 0.483 e. The van der Waals surface area contributed by atoms with Gasteiger partial charge in [0.25, 0.3) is 5.91 Å². The van der Waals surface area contributed by atoms with Crippen LogP contribution in [0, 0.1) is 6.92 Å². The standard InChI is InChI=1S/C24H29N5O3/c1-17-6-4-5-7-22(17)32-16-24(31)25-19-8-9-21-20(14-19)26-23(27(21)3)15-28-10-12-29(13-11-28)18(2)30/h4-9,14H,10-13,15-16H2,1-3H3,(H,25,31). The molecule has 168 valence electrons. The van der Waals surface area contributed by atoms with E-state index in [2.05, 4.69) is 14.8 Å². The Balaban J connectivity index is 1.38. The molecule has 0 unspecified atom stereocenters. The number of amides is 2. The van der Waals surface area contributed by atoms with Crippen LogP contribution in [-0.2, 0) is 23.2 Å². The molecular weight excluding hydrogens is 406 g/mol. The fourth-order valence-corrected chi connectivity index (χ4v) is 3.95. The summed E-state index contributed by atoms with van der Waals surface area (Å²) in [6, 6.07) is 13.4. The lowest BCUT2D eigenvalue weighted by atomic mass is 10.2. The average Bonchev–Trinajstić information content (AvgIpc) is 3.08. The highest BCUT2D eigenvalue weighted by atomic mass is 16.5. The first-order chi connectivity index (χ1) is 15.4. The quantitative estimate of drug-likeness (QED) is 0.644. The van der Waals surface area contributed by atoms with Gasteiger partial charge in [0.05, 0.1) is 17.6 Å². The van der Waals surface area contributed by atoms with Crippen LogP contribution in [0.25, 0.3) is 11.0 Å². The maximum absolute atomic E-state index is 12.3. The fourth-order valence-electron chi connectivity index (χ4n) is 3.95. The maximum Gasteiger partial charge on any atom is 0.262 e. The Labute approximate surface area is 187 Å². The Morgan fingerprint density at radius 3 is 2.56 bits per heavy atom. The second-order valence-corrected chi connectivity index (χ2v) is 8.18. The molecule has 8 nitrogen and oxygen atoms in total. The zero-order valence-electron chi connectivity index (χ0n) is 18.8. The van der Waals surface area contributed by atoms with Crippen LogP contribution >= 0.6 is 0 Å². The Kier molecular flexibility index (Phi) is 6.41. The van der Waals surface area contributed by atoms with E-state index in [0.717, 1.165) is 55.1 Å². The molecule has 0 spiro atoms. The number of fused-ring (bicyclic) bond motifs is 1. The van der Waals surface area contributed by atoms with Crippen LogP contribution in [0.4, 0.5) is 5.69 Å². The normalized spacial score (nSPS) is 14.5. The molecule has 0 bridgehead atoms. The molecule has 32 heavy (non-hydrogen) atoms. The number of aromatic nitrogens is 2. The molecule has 2 heterocycles. The van der Waals surface area contributed by atoms with E-state index in [9.17, 15) is 9.59 Å². The molecule has 0 atom stereocenters. The summed E-state index contributed by atoms with van der Waals surface area (Å²) in [5.74, 6) is 1.58. The number of aryl methyl sites for hydroxylation is 2.